The van der Waals surface area contributed by atoms with Gasteiger partial charge in [0.1, 0.15) is 6.10 Å². The molecule has 1 aromatic heterocycles. The topological polar surface area (TPSA) is 87.1 Å². The zero-order valence-corrected chi connectivity index (χ0v) is 18.4. The van der Waals surface area contributed by atoms with Crippen LogP contribution in [0.5, 0.6) is 23.0 Å². The van der Waals surface area contributed by atoms with Crippen LogP contribution in [0.3, 0.4) is 0 Å². The van der Waals surface area contributed by atoms with Crippen LogP contribution in [0.1, 0.15) is 27.7 Å². The highest BCUT2D eigenvalue weighted by atomic mass is 16.6. The standard InChI is InChI=1S/C26H23NO6/c1-30-21-14-18(9-10-20(21)33-26(29)16-7-5-4-6-8-16)25(28)24-19-15-23(32-3)22(31-2)13-17(19)11-12-27-24/h4-15,25,28H,1-3H3. The van der Waals surface area contributed by atoms with Crippen molar-refractivity contribution in [3.8, 4) is 23.0 Å². The summed E-state index contributed by atoms with van der Waals surface area (Å²) in [6.45, 7) is 0. The number of ether oxygens (including phenoxy) is 4. The van der Waals surface area contributed by atoms with Crippen LogP contribution in [-0.2, 0) is 0 Å². The van der Waals surface area contributed by atoms with Crippen molar-refractivity contribution in [3.05, 3.63) is 89.7 Å². The Balaban J connectivity index is 1.68. The molecule has 0 fully saturated rings. The maximum atomic E-state index is 12.4. The number of hydrogen-bond donors (Lipinski definition) is 1. The molecule has 3 aromatic carbocycles. The first-order valence-corrected chi connectivity index (χ1v) is 10.2. The number of aliphatic hydroxyl groups excluding tert-OH is 1. The van der Waals surface area contributed by atoms with E-state index in [1.807, 2.05) is 18.2 Å². The third-order valence-electron chi connectivity index (χ3n) is 5.27. The van der Waals surface area contributed by atoms with E-state index in [9.17, 15) is 9.90 Å². The lowest BCUT2D eigenvalue weighted by molar-refractivity contribution is 0.0729. The van der Waals surface area contributed by atoms with E-state index >= 15 is 0 Å². The number of aliphatic hydroxyl groups is 1. The first kappa shape index (κ1) is 22.1. The fourth-order valence-corrected chi connectivity index (χ4v) is 3.57. The molecule has 0 saturated heterocycles. The normalized spacial score (nSPS) is 11.6. The molecule has 1 N–H and O–H groups in total. The lowest BCUT2D eigenvalue weighted by Crippen LogP contribution is -2.10. The van der Waals surface area contributed by atoms with E-state index in [1.165, 1.54) is 7.11 Å². The number of fused-ring (bicyclic) bond motifs is 1. The molecule has 0 aliphatic heterocycles. The van der Waals surface area contributed by atoms with Gasteiger partial charge in [0, 0.05) is 11.6 Å². The molecule has 4 aromatic rings. The fourth-order valence-electron chi connectivity index (χ4n) is 3.57. The highest BCUT2D eigenvalue weighted by Gasteiger charge is 2.20. The maximum Gasteiger partial charge on any atom is 0.343 e. The molecular weight excluding hydrogens is 422 g/mol. The molecule has 0 spiro atoms. The van der Waals surface area contributed by atoms with Crippen LogP contribution >= 0.6 is 0 Å². The van der Waals surface area contributed by atoms with Crippen LogP contribution in [0.2, 0.25) is 0 Å². The summed E-state index contributed by atoms with van der Waals surface area (Å²) in [5, 5.41) is 12.7. The van der Waals surface area contributed by atoms with Gasteiger partial charge in [0.15, 0.2) is 23.0 Å². The second kappa shape index (κ2) is 9.58. The lowest BCUT2D eigenvalue weighted by atomic mass is 10.00. The van der Waals surface area contributed by atoms with Crippen LogP contribution in [0.15, 0.2) is 72.9 Å². The molecule has 0 aliphatic carbocycles. The molecule has 1 heterocycles. The maximum absolute atomic E-state index is 12.4. The minimum absolute atomic E-state index is 0.250. The van der Waals surface area contributed by atoms with Crippen LogP contribution in [0.25, 0.3) is 10.8 Å². The molecule has 0 radical (unpaired) electrons. The molecule has 1 atom stereocenters. The van der Waals surface area contributed by atoms with E-state index in [4.69, 9.17) is 18.9 Å². The predicted octanol–water partition coefficient (Wildman–Crippen LogP) is 4.56. The Morgan fingerprint density at radius 3 is 2.18 bits per heavy atom. The lowest BCUT2D eigenvalue weighted by Gasteiger charge is -2.17. The average Bonchev–Trinajstić information content (AvgIpc) is 2.87. The van der Waals surface area contributed by atoms with Crippen molar-refractivity contribution in [2.45, 2.75) is 6.10 Å². The van der Waals surface area contributed by atoms with Crippen molar-refractivity contribution >= 4 is 16.7 Å². The third kappa shape index (κ3) is 4.44. The molecule has 1 unspecified atom stereocenters. The van der Waals surface area contributed by atoms with E-state index in [-0.39, 0.29) is 5.75 Å². The van der Waals surface area contributed by atoms with E-state index < -0.39 is 12.1 Å². The van der Waals surface area contributed by atoms with E-state index in [2.05, 4.69) is 4.98 Å². The molecule has 0 amide bonds. The van der Waals surface area contributed by atoms with Crippen molar-refractivity contribution in [1.82, 2.24) is 4.98 Å². The largest absolute Gasteiger partial charge is 0.493 e. The molecule has 0 bridgehead atoms. The van der Waals surface area contributed by atoms with Gasteiger partial charge in [-0.25, -0.2) is 4.79 Å². The molecule has 7 nitrogen and oxygen atoms in total. The molecule has 0 aliphatic rings. The molecule has 0 saturated carbocycles. The van der Waals surface area contributed by atoms with Crippen molar-refractivity contribution in [2.24, 2.45) is 0 Å². The first-order chi connectivity index (χ1) is 16.0. The van der Waals surface area contributed by atoms with Crippen molar-refractivity contribution < 1.29 is 28.8 Å². The Kier molecular flexibility index (Phi) is 6.42. The number of carbonyl (C=O) groups excluding carboxylic acids is 1. The first-order valence-electron chi connectivity index (χ1n) is 10.2. The second-order valence-corrected chi connectivity index (χ2v) is 7.19. The van der Waals surface area contributed by atoms with Gasteiger partial charge in [0.25, 0.3) is 0 Å². The zero-order valence-electron chi connectivity index (χ0n) is 18.4. The Labute approximate surface area is 191 Å². The number of hydrogen-bond acceptors (Lipinski definition) is 7. The van der Waals surface area contributed by atoms with Crippen molar-refractivity contribution in [3.63, 3.8) is 0 Å². The number of carbonyl (C=O) groups is 1. The fraction of sp³-hybridized carbons (Fsp3) is 0.154. The van der Waals surface area contributed by atoms with Gasteiger partial charge in [-0.05, 0) is 53.4 Å². The monoisotopic (exact) mass is 445 g/mol. The summed E-state index contributed by atoms with van der Waals surface area (Å²) in [7, 11) is 4.59. The minimum atomic E-state index is -1.06. The molecular formula is C26H23NO6. The van der Waals surface area contributed by atoms with Gasteiger partial charge < -0.3 is 24.1 Å². The highest BCUT2D eigenvalue weighted by molar-refractivity contribution is 5.91. The number of esters is 1. The van der Waals surface area contributed by atoms with Gasteiger partial charge in [-0.2, -0.15) is 0 Å². The Morgan fingerprint density at radius 2 is 1.48 bits per heavy atom. The Morgan fingerprint density at radius 1 is 0.818 bits per heavy atom. The smallest absolute Gasteiger partial charge is 0.343 e. The summed E-state index contributed by atoms with van der Waals surface area (Å²) >= 11 is 0. The molecule has 4 rings (SSSR count). The minimum Gasteiger partial charge on any atom is -0.493 e. The summed E-state index contributed by atoms with van der Waals surface area (Å²) in [4.78, 5) is 16.8. The van der Waals surface area contributed by atoms with E-state index in [0.717, 1.165) is 10.8 Å². The van der Waals surface area contributed by atoms with Gasteiger partial charge in [0.05, 0.1) is 32.6 Å². The summed E-state index contributed by atoms with van der Waals surface area (Å²) in [6, 6.07) is 19.0. The van der Waals surface area contributed by atoms with Crippen molar-refractivity contribution in [2.75, 3.05) is 21.3 Å². The Hall–Kier alpha value is -4.10. The Bertz CT molecular complexity index is 1290. The second-order valence-electron chi connectivity index (χ2n) is 7.19. The molecule has 33 heavy (non-hydrogen) atoms. The quantitative estimate of drug-likeness (QED) is 0.330. The predicted molar refractivity (Wildman–Crippen MR) is 123 cm³/mol. The summed E-state index contributed by atoms with van der Waals surface area (Å²) in [5.41, 5.74) is 1.40. The van der Waals surface area contributed by atoms with Crippen LogP contribution in [-0.4, -0.2) is 37.4 Å². The number of nitrogens with zero attached hydrogens (tertiary/aromatic N) is 1. The molecule has 7 heteroatoms. The molecule has 168 valence electrons. The average molecular weight is 445 g/mol. The van der Waals surface area contributed by atoms with Gasteiger partial charge in [0.2, 0.25) is 0 Å². The van der Waals surface area contributed by atoms with Gasteiger partial charge in [-0.3, -0.25) is 4.98 Å². The van der Waals surface area contributed by atoms with Crippen LogP contribution in [0.4, 0.5) is 0 Å². The summed E-state index contributed by atoms with van der Waals surface area (Å²) in [5.74, 6) is 1.18. The summed E-state index contributed by atoms with van der Waals surface area (Å²) < 4.78 is 21.7. The van der Waals surface area contributed by atoms with Crippen LogP contribution in [0, 0.1) is 0 Å². The number of benzene rings is 3. The van der Waals surface area contributed by atoms with Crippen LogP contribution < -0.4 is 18.9 Å². The SMILES string of the molecule is COc1cc2ccnc(C(O)c3ccc(OC(=O)c4ccccc4)c(OC)c3)c2cc1OC. The third-order valence-corrected chi connectivity index (χ3v) is 5.27. The number of pyridine rings is 1. The summed E-state index contributed by atoms with van der Waals surface area (Å²) in [6.07, 6.45) is 0.569. The zero-order chi connectivity index (χ0) is 23.4. The number of methoxy groups -OCH3 is 3. The van der Waals surface area contributed by atoms with Gasteiger partial charge in [-0.1, -0.05) is 24.3 Å². The van der Waals surface area contributed by atoms with Crippen molar-refractivity contribution in [1.29, 1.82) is 0 Å². The highest BCUT2D eigenvalue weighted by Crippen LogP contribution is 2.37. The van der Waals surface area contributed by atoms with E-state index in [0.29, 0.717) is 34.1 Å². The van der Waals surface area contributed by atoms with Gasteiger partial charge >= 0.3 is 5.97 Å². The number of aromatic nitrogens is 1. The number of rotatable bonds is 7. The van der Waals surface area contributed by atoms with E-state index in [1.54, 1.807) is 68.9 Å². The van der Waals surface area contributed by atoms with Gasteiger partial charge in [-0.15, -0.1) is 0 Å².